The first-order chi connectivity index (χ1) is 17.6. The third kappa shape index (κ3) is 6.82. The van der Waals surface area contributed by atoms with Crippen molar-refractivity contribution in [3.05, 3.63) is 28.5 Å². The Hall–Kier alpha value is -2.73. The lowest BCUT2D eigenvalue weighted by Gasteiger charge is -2.33. The zero-order valence-corrected chi connectivity index (χ0v) is 23.4. The summed E-state index contributed by atoms with van der Waals surface area (Å²) in [6.07, 6.45) is -0.425. The monoisotopic (exact) mass is 555 g/mol. The van der Waals surface area contributed by atoms with E-state index < -0.39 is 29.8 Å². The van der Waals surface area contributed by atoms with E-state index in [-0.39, 0.29) is 34.9 Å². The molecule has 0 saturated carbocycles. The Morgan fingerprint density at radius 2 is 1.97 bits per heavy atom. The van der Waals surface area contributed by atoms with Crippen LogP contribution in [0.3, 0.4) is 0 Å². The van der Waals surface area contributed by atoms with Crippen LogP contribution in [0, 0.1) is 6.92 Å². The average molecular weight is 556 g/mol. The van der Waals surface area contributed by atoms with Crippen LogP contribution < -0.4 is 10.6 Å². The molecule has 0 unspecified atom stereocenters. The molecule has 1 aliphatic heterocycles. The molecule has 38 heavy (non-hydrogen) atoms. The Bertz CT molecular complexity index is 1160. The lowest BCUT2D eigenvalue weighted by molar-refractivity contribution is -0.142. The van der Waals surface area contributed by atoms with E-state index in [0.29, 0.717) is 22.5 Å². The summed E-state index contributed by atoms with van der Waals surface area (Å²) in [6, 6.07) is -0.818. The number of carbonyl (C=O) groups excluding carboxylic acids is 2. The van der Waals surface area contributed by atoms with Gasteiger partial charge < -0.3 is 20.6 Å². The van der Waals surface area contributed by atoms with Crippen LogP contribution in [0.2, 0.25) is 0 Å². The number of carbonyl (C=O) groups is 2. The maximum Gasteiger partial charge on any atom is 0.408 e. The summed E-state index contributed by atoms with van der Waals surface area (Å²) in [5.74, 6) is -0.770. The molecule has 1 fully saturated rings. The van der Waals surface area contributed by atoms with Crippen molar-refractivity contribution >= 4 is 29.0 Å². The minimum Gasteiger partial charge on any atom is -0.388 e. The van der Waals surface area contributed by atoms with Crippen LogP contribution in [-0.4, -0.2) is 68.2 Å². The van der Waals surface area contributed by atoms with Crippen molar-refractivity contribution in [3.63, 3.8) is 0 Å². The second-order valence-corrected chi connectivity index (χ2v) is 11.4. The van der Waals surface area contributed by atoms with Crippen LogP contribution in [0.1, 0.15) is 86.2 Å². The van der Waals surface area contributed by atoms with E-state index >= 15 is 0 Å². The normalized spacial score (nSPS) is 18.2. The summed E-state index contributed by atoms with van der Waals surface area (Å²) >= 11 is 1.02. The molecular weight excluding hydrogens is 519 g/mol. The third-order valence-electron chi connectivity index (χ3n) is 6.98. The number of anilines is 1. The van der Waals surface area contributed by atoms with Gasteiger partial charge in [-0.3, -0.25) is 9.59 Å². The molecule has 8 nitrogen and oxygen atoms in total. The highest BCUT2D eigenvalue weighted by atomic mass is 32.1. The van der Waals surface area contributed by atoms with Gasteiger partial charge in [0.2, 0.25) is 0 Å². The van der Waals surface area contributed by atoms with Crippen molar-refractivity contribution in [3.8, 4) is 10.4 Å². The van der Waals surface area contributed by atoms with Crippen LogP contribution in [0.5, 0.6) is 0 Å². The van der Waals surface area contributed by atoms with Gasteiger partial charge in [-0.05, 0) is 71.9 Å². The maximum absolute atomic E-state index is 13.6. The molecule has 210 valence electrons. The van der Waals surface area contributed by atoms with Crippen molar-refractivity contribution in [2.24, 2.45) is 0 Å². The molecule has 1 aliphatic rings. The first-order valence-electron chi connectivity index (χ1n) is 12.8. The largest absolute Gasteiger partial charge is 0.408 e. The van der Waals surface area contributed by atoms with E-state index in [9.17, 15) is 27.9 Å². The van der Waals surface area contributed by atoms with Gasteiger partial charge in [0.05, 0.1) is 16.5 Å². The molecule has 3 N–H and O–H groups in total. The fourth-order valence-corrected chi connectivity index (χ4v) is 5.22. The zero-order chi connectivity index (χ0) is 28.4. The minimum absolute atomic E-state index is 0.0115. The van der Waals surface area contributed by atoms with E-state index in [1.807, 2.05) is 6.92 Å². The predicted molar refractivity (Wildman–Crippen MR) is 141 cm³/mol. The highest BCUT2D eigenvalue weighted by Gasteiger charge is 2.38. The lowest BCUT2D eigenvalue weighted by Crippen LogP contribution is -2.47. The molecule has 3 heterocycles. The number of aromatic nitrogens is 2. The van der Waals surface area contributed by atoms with Gasteiger partial charge >= 0.3 is 6.18 Å². The number of alkyl halides is 3. The van der Waals surface area contributed by atoms with Crippen LogP contribution in [0.25, 0.3) is 10.4 Å². The summed E-state index contributed by atoms with van der Waals surface area (Å²) < 4.78 is 39.8. The number of amides is 2. The second-order valence-electron chi connectivity index (χ2n) is 10.4. The van der Waals surface area contributed by atoms with E-state index in [0.717, 1.165) is 30.6 Å². The van der Waals surface area contributed by atoms with Crippen LogP contribution in [-0.2, 0) is 0 Å². The van der Waals surface area contributed by atoms with Gasteiger partial charge in [0.25, 0.3) is 11.8 Å². The first kappa shape index (κ1) is 29.8. The van der Waals surface area contributed by atoms with Gasteiger partial charge in [0.15, 0.2) is 5.01 Å². The van der Waals surface area contributed by atoms with Crippen molar-refractivity contribution in [1.82, 2.24) is 20.2 Å². The molecule has 1 saturated heterocycles. The minimum atomic E-state index is -4.42. The molecule has 0 aromatic carbocycles. The van der Waals surface area contributed by atoms with E-state index in [2.05, 4.69) is 20.6 Å². The van der Waals surface area contributed by atoms with Crippen LogP contribution >= 0.6 is 11.3 Å². The summed E-state index contributed by atoms with van der Waals surface area (Å²) in [4.78, 5) is 37.4. The summed E-state index contributed by atoms with van der Waals surface area (Å²) in [5, 5.41) is 15.4. The fourth-order valence-electron chi connectivity index (χ4n) is 4.18. The number of hydrogen-bond acceptors (Lipinski definition) is 7. The van der Waals surface area contributed by atoms with Gasteiger partial charge in [0.1, 0.15) is 17.6 Å². The summed E-state index contributed by atoms with van der Waals surface area (Å²) in [7, 11) is 0. The number of nitrogens with zero attached hydrogens (tertiary/aromatic N) is 3. The highest BCUT2D eigenvalue weighted by molar-refractivity contribution is 7.17. The lowest BCUT2D eigenvalue weighted by atomic mass is 10.0. The third-order valence-corrected chi connectivity index (χ3v) is 8.06. The van der Waals surface area contributed by atoms with Crippen molar-refractivity contribution in [2.75, 3.05) is 11.9 Å². The van der Waals surface area contributed by atoms with Gasteiger partial charge in [-0.15, -0.1) is 11.3 Å². The van der Waals surface area contributed by atoms with Gasteiger partial charge in [0, 0.05) is 24.3 Å². The Morgan fingerprint density at radius 3 is 2.53 bits per heavy atom. The number of aliphatic hydroxyl groups is 1. The molecule has 2 aromatic heterocycles. The van der Waals surface area contributed by atoms with Crippen LogP contribution in [0.15, 0.2) is 12.3 Å². The van der Waals surface area contributed by atoms with E-state index in [4.69, 9.17) is 0 Å². The Labute approximate surface area is 225 Å². The molecule has 0 spiro atoms. The van der Waals surface area contributed by atoms with Crippen molar-refractivity contribution in [2.45, 2.75) is 97.1 Å². The topological polar surface area (TPSA) is 107 Å². The Morgan fingerprint density at radius 1 is 1.29 bits per heavy atom. The smallest absolute Gasteiger partial charge is 0.388 e. The number of likely N-dealkylation sites (tertiary alicyclic amines) is 1. The molecule has 3 rings (SSSR count). The van der Waals surface area contributed by atoms with Gasteiger partial charge in [-0.2, -0.15) is 13.2 Å². The number of rotatable bonds is 8. The Kier molecular flexibility index (Phi) is 9.08. The molecule has 2 aromatic rings. The Balaban J connectivity index is 2.01. The molecule has 3 atom stereocenters. The highest BCUT2D eigenvalue weighted by Crippen LogP contribution is 2.35. The first-order valence-corrected chi connectivity index (χ1v) is 13.6. The second kappa shape index (κ2) is 11.6. The molecule has 0 aliphatic carbocycles. The quantitative estimate of drug-likeness (QED) is 0.415. The number of pyridine rings is 1. The maximum atomic E-state index is 13.6. The molecule has 2 amide bonds. The number of aryl methyl sites for hydroxylation is 1. The molecule has 0 bridgehead atoms. The summed E-state index contributed by atoms with van der Waals surface area (Å²) in [6.45, 7) is 10.5. The number of nitrogens with one attached hydrogen (secondary N) is 2. The predicted octanol–water partition coefficient (Wildman–Crippen LogP) is 5.17. The van der Waals surface area contributed by atoms with Crippen molar-refractivity contribution in [1.29, 1.82) is 0 Å². The SMILES string of the molecule is CC[C@H](Nc1cc(C)c(-c2sc(C(=O)N[C@@H](C)C(C)(C)O)nc2C(=O)N2CCCC[C@@H]2C)cn1)C(F)(F)F. The molecule has 12 heteroatoms. The van der Waals surface area contributed by atoms with Crippen molar-refractivity contribution < 1.29 is 27.9 Å². The molecular formula is C26H36F3N5O3S. The number of piperidine rings is 1. The fraction of sp³-hybridized carbons (Fsp3) is 0.615. The van der Waals surface area contributed by atoms with E-state index in [1.54, 1.807) is 32.6 Å². The van der Waals surface area contributed by atoms with Gasteiger partial charge in [-0.25, -0.2) is 9.97 Å². The standard InChI is InChI=1S/C26H36F3N5O3S/c1-7-18(26(27,28)29)32-19-12-14(2)17(13-30-19)21-20(24(36)34-11-9-8-10-15(34)3)33-23(38-21)22(35)31-16(4)25(5,6)37/h12-13,15-16,18,37H,7-11H2,1-6H3,(H,30,32)(H,31,35)/t15-,16-,18-/m0/s1. The number of thiazole rings is 1. The zero-order valence-electron chi connectivity index (χ0n) is 22.6. The average Bonchev–Trinajstić information content (AvgIpc) is 3.26. The number of halogens is 3. The molecule has 0 radical (unpaired) electrons. The van der Waals surface area contributed by atoms with Gasteiger partial charge in [-0.1, -0.05) is 6.92 Å². The number of hydrogen-bond donors (Lipinski definition) is 3. The van der Waals surface area contributed by atoms with E-state index in [1.165, 1.54) is 19.2 Å². The summed E-state index contributed by atoms with van der Waals surface area (Å²) in [5.41, 5.74) is 0.0295. The van der Waals surface area contributed by atoms with Crippen LogP contribution in [0.4, 0.5) is 19.0 Å².